The lowest BCUT2D eigenvalue weighted by molar-refractivity contribution is -0.147. The number of hydrogen-bond donors (Lipinski definition) is 4. The van der Waals surface area contributed by atoms with Crippen molar-refractivity contribution in [2.45, 2.75) is 39.2 Å². The van der Waals surface area contributed by atoms with E-state index in [4.69, 9.17) is 20.9 Å². The van der Waals surface area contributed by atoms with Crippen LogP contribution in [-0.4, -0.2) is 80.3 Å². The molecule has 0 aliphatic carbocycles. The Hall–Kier alpha value is -4.29. The Balaban J connectivity index is 1.59. The van der Waals surface area contributed by atoms with Gasteiger partial charge < -0.3 is 41.4 Å². The Kier molecular flexibility index (Phi) is 10.5. The maximum absolute atomic E-state index is 12.9. The maximum Gasteiger partial charge on any atom is 0.328 e. The molecule has 1 amide bonds. The number of aromatic nitrogens is 2. The average Bonchev–Trinajstić information content (AvgIpc) is 2.92. The molecule has 1 fully saturated rings. The molecule has 0 spiro atoms. The summed E-state index contributed by atoms with van der Waals surface area (Å²) in [6.45, 7) is 6.77. The van der Waals surface area contributed by atoms with E-state index in [1.807, 2.05) is 12.1 Å². The highest BCUT2D eigenvalue weighted by Gasteiger charge is 2.25. The zero-order chi connectivity index (χ0) is 28.4. The van der Waals surface area contributed by atoms with Gasteiger partial charge in [-0.15, -0.1) is 0 Å². The second-order valence-corrected chi connectivity index (χ2v) is 8.91. The second-order valence-electron chi connectivity index (χ2n) is 8.91. The fourth-order valence-corrected chi connectivity index (χ4v) is 4.41. The van der Waals surface area contributed by atoms with Crippen LogP contribution in [0.3, 0.4) is 0 Å². The highest BCUT2D eigenvalue weighted by atomic mass is 16.5. The van der Waals surface area contributed by atoms with Crippen molar-refractivity contribution in [3.63, 3.8) is 0 Å². The summed E-state index contributed by atoms with van der Waals surface area (Å²) in [5, 5.41) is 5.77. The second kappa shape index (κ2) is 14.0. The third-order valence-electron chi connectivity index (χ3n) is 6.31. The number of esters is 2. The van der Waals surface area contributed by atoms with Gasteiger partial charge in [-0.25, -0.2) is 4.79 Å². The van der Waals surface area contributed by atoms with Crippen LogP contribution in [0.25, 0.3) is 0 Å². The zero-order valence-corrected chi connectivity index (χ0v) is 22.7. The van der Waals surface area contributed by atoms with E-state index in [-0.39, 0.29) is 37.3 Å². The number of carbonyl (C=O) groups is 3. The van der Waals surface area contributed by atoms with E-state index in [9.17, 15) is 14.4 Å². The van der Waals surface area contributed by atoms with Crippen LogP contribution >= 0.6 is 0 Å². The van der Waals surface area contributed by atoms with Crippen molar-refractivity contribution in [1.82, 2.24) is 15.3 Å². The molecule has 1 saturated heterocycles. The smallest absolute Gasteiger partial charge is 0.328 e. The molecule has 2 heterocycles. The number of nitrogens with one attached hydrogen (secondary N) is 2. The molecule has 39 heavy (non-hydrogen) atoms. The first kappa shape index (κ1) is 29.3. The third kappa shape index (κ3) is 7.85. The normalized spacial score (nSPS) is 13.9. The van der Waals surface area contributed by atoms with E-state index in [1.54, 1.807) is 33.0 Å². The number of hydrogen-bond acceptors (Lipinski definition) is 12. The van der Waals surface area contributed by atoms with Gasteiger partial charge in [-0.1, -0.05) is 0 Å². The predicted octanol–water partition coefficient (Wildman–Crippen LogP) is 1.40. The molecule has 0 saturated carbocycles. The first-order chi connectivity index (χ1) is 18.8. The van der Waals surface area contributed by atoms with E-state index in [0.717, 1.165) is 24.5 Å². The van der Waals surface area contributed by atoms with Crippen LogP contribution in [-0.2, 0) is 19.1 Å². The number of ether oxygens (including phenoxy) is 2. The van der Waals surface area contributed by atoms with Gasteiger partial charge in [0.25, 0.3) is 5.91 Å². The van der Waals surface area contributed by atoms with Gasteiger partial charge in [0.15, 0.2) is 11.6 Å². The maximum atomic E-state index is 12.9. The Morgan fingerprint density at radius 2 is 1.62 bits per heavy atom. The molecule has 3 rings (SSSR count). The molecular weight excluding hydrogens is 504 g/mol. The lowest BCUT2D eigenvalue weighted by atomic mass is 10.1. The molecule has 2 aromatic rings. The van der Waals surface area contributed by atoms with E-state index in [0.29, 0.717) is 43.3 Å². The quantitative estimate of drug-likeness (QED) is 0.284. The van der Waals surface area contributed by atoms with Crippen LogP contribution in [0.5, 0.6) is 0 Å². The van der Waals surface area contributed by atoms with Gasteiger partial charge in [-0.2, -0.15) is 9.97 Å². The summed E-state index contributed by atoms with van der Waals surface area (Å²) in [5.74, 6) is -0.218. The Morgan fingerprint density at radius 3 is 2.23 bits per heavy atom. The number of nitrogen functional groups attached to an aromatic ring is 2. The van der Waals surface area contributed by atoms with E-state index in [2.05, 4.69) is 30.4 Å². The van der Waals surface area contributed by atoms with Crippen LogP contribution in [0, 0.1) is 0 Å². The van der Waals surface area contributed by atoms with Crippen molar-refractivity contribution >= 4 is 46.8 Å². The van der Waals surface area contributed by atoms with Crippen molar-refractivity contribution in [2.75, 3.05) is 73.0 Å². The Labute approximate surface area is 228 Å². The van der Waals surface area contributed by atoms with Gasteiger partial charge in [-0.3, -0.25) is 9.59 Å². The summed E-state index contributed by atoms with van der Waals surface area (Å²) in [6, 6.07) is 6.35. The molecule has 1 aliphatic rings. The minimum absolute atomic E-state index is 0.119. The molecule has 1 unspecified atom stereocenters. The molecule has 6 N–H and O–H groups in total. The van der Waals surface area contributed by atoms with Crippen LogP contribution in [0.4, 0.5) is 29.0 Å². The number of nitrogens with two attached hydrogens (primary N) is 2. The van der Waals surface area contributed by atoms with Crippen molar-refractivity contribution in [3.05, 3.63) is 29.8 Å². The van der Waals surface area contributed by atoms with Crippen LogP contribution in [0.2, 0.25) is 0 Å². The zero-order valence-electron chi connectivity index (χ0n) is 22.7. The van der Waals surface area contributed by atoms with Gasteiger partial charge in [0, 0.05) is 50.9 Å². The summed E-state index contributed by atoms with van der Waals surface area (Å²) < 4.78 is 10.0. The average molecular weight is 543 g/mol. The topological polar surface area (TPSA) is 178 Å². The van der Waals surface area contributed by atoms with Crippen molar-refractivity contribution < 1.29 is 23.9 Å². The third-order valence-corrected chi connectivity index (χ3v) is 6.31. The van der Waals surface area contributed by atoms with Gasteiger partial charge in [0.05, 0.1) is 13.2 Å². The van der Waals surface area contributed by atoms with Crippen LogP contribution < -0.4 is 31.9 Å². The fourth-order valence-electron chi connectivity index (χ4n) is 4.41. The Morgan fingerprint density at radius 1 is 0.974 bits per heavy atom. The first-order valence-electron chi connectivity index (χ1n) is 13.1. The number of anilines is 5. The molecule has 1 aromatic carbocycles. The summed E-state index contributed by atoms with van der Waals surface area (Å²) in [5.41, 5.74) is 14.0. The SMILES string of the molecule is CCOC(=O)CCCC(NC(=O)c1ccc(N2CCN(c3c(N)nc(N)nc3NC)CC2)cc1)C(=O)OCC. The first-order valence-corrected chi connectivity index (χ1v) is 13.1. The molecule has 1 aliphatic heterocycles. The van der Waals surface area contributed by atoms with Crippen molar-refractivity contribution in [1.29, 1.82) is 0 Å². The largest absolute Gasteiger partial charge is 0.466 e. The minimum Gasteiger partial charge on any atom is -0.466 e. The van der Waals surface area contributed by atoms with Gasteiger partial charge in [0.1, 0.15) is 11.7 Å². The van der Waals surface area contributed by atoms with Crippen molar-refractivity contribution in [2.24, 2.45) is 0 Å². The molecule has 1 aromatic heterocycles. The predicted molar refractivity (Wildman–Crippen MR) is 150 cm³/mol. The number of carbonyl (C=O) groups excluding carboxylic acids is 3. The molecule has 212 valence electrons. The van der Waals surface area contributed by atoms with Crippen molar-refractivity contribution in [3.8, 4) is 0 Å². The molecule has 0 bridgehead atoms. The standard InChI is InChI=1S/C26H38N8O5/c1-4-38-20(35)8-6-7-19(25(37)39-5-2)30-24(36)17-9-11-18(12-10-17)33-13-15-34(16-14-33)21-22(27)31-26(28)32-23(21)29-3/h9-12,19H,4-8,13-16H2,1-3H3,(H,30,36)(H5,27,28,29,31,32). The highest BCUT2D eigenvalue weighted by Crippen LogP contribution is 2.31. The number of benzene rings is 1. The molecular formula is C26H38N8O5. The molecule has 13 heteroatoms. The summed E-state index contributed by atoms with van der Waals surface area (Å²) in [4.78, 5) is 49.6. The van der Waals surface area contributed by atoms with Crippen LogP contribution in [0.15, 0.2) is 24.3 Å². The number of nitrogens with zero attached hydrogens (tertiary/aromatic N) is 4. The minimum atomic E-state index is -0.855. The molecule has 13 nitrogen and oxygen atoms in total. The summed E-state index contributed by atoms with van der Waals surface area (Å²) in [6.07, 6.45) is 0.817. The summed E-state index contributed by atoms with van der Waals surface area (Å²) >= 11 is 0. The van der Waals surface area contributed by atoms with E-state index in [1.165, 1.54) is 0 Å². The number of rotatable bonds is 12. The highest BCUT2D eigenvalue weighted by molar-refractivity contribution is 5.97. The van der Waals surface area contributed by atoms with Gasteiger partial charge >= 0.3 is 11.9 Å². The monoisotopic (exact) mass is 542 g/mol. The van der Waals surface area contributed by atoms with E-state index >= 15 is 0 Å². The van der Waals surface area contributed by atoms with E-state index < -0.39 is 12.0 Å². The number of amides is 1. The lowest BCUT2D eigenvalue weighted by Crippen LogP contribution is -2.47. The van der Waals surface area contributed by atoms with Gasteiger partial charge in [0.2, 0.25) is 5.95 Å². The van der Waals surface area contributed by atoms with Crippen LogP contribution in [0.1, 0.15) is 43.5 Å². The molecule has 1 atom stereocenters. The lowest BCUT2D eigenvalue weighted by Gasteiger charge is -2.38. The summed E-state index contributed by atoms with van der Waals surface area (Å²) in [7, 11) is 1.76. The molecule has 0 radical (unpaired) electrons. The number of piperazine rings is 1. The van der Waals surface area contributed by atoms with Gasteiger partial charge in [-0.05, 0) is 51.0 Å². The fraction of sp³-hybridized carbons (Fsp3) is 0.500. The Bertz CT molecular complexity index is 1140.